The van der Waals surface area contributed by atoms with Crippen molar-refractivity contribution in [2.45, 2.75) is 315 Å². The molecule has 0 spiro atoms. The molecule has 386 valence electrons. The molecule has 0 aliphatic heterocycles. The van der Waals surface area contributed by atoms with Gasteiger partial charge in [-0.2, -0.15) is 0 Å². The fraction of sp³-hybridized carbons (Fsp3) is 0.833. The lowest BCUT2D eigenvalue weighted by atomic mass is 10.0. The lowest BCUT2D eigenvalue weighted by Gasteiger charge is -2.24. The Kier molecular flexibility index (Phi) is 52.0. The van der Waals surface area contributed by atoms with E-state index in [-0.39, 0.29) is 24.9 Å². The van der Waals surface area contributed by atoms with Crippen molar-refractivity contribution in [2.75, 3.05) is 6.61 Å². The number of allylic oxidation sites excluding steroid dienone is 8. The second-order valence-electron chi connectivity index (χ2n) is 19.7. The Morgan fingerprint density at radius 2 is 0.818 bits per heavy atom. The molecule has 1 amide bonds. The third-order valence-electron chi connectivity index (χ3n) is 13.2. The van der Waals surface area contributed by atoms with Gasteiger partial charge < -0.3 is 20.3 Å². The quantitative estimate of drug-likeness (QED) is 0.0244. The maximum absolute atomic E-state index is 13.3. The topological polar surface area (TPSA) is 95.9 Å². The molecule has 0 aromatic carbocycles. The number of aliphatic hydroxyl groups is 2. The van der Waals surface area contributed by atoms with Gasteiger partial charge in [-0.15, -0.1) is 0 Å². The zero-order valence-corrected chi connectivity index (χ0v) is 44.1. The second-order valence-corrected chi connectivity index (χ2v) is 19.7. The molecular weight excluding hydrogens is 815 g/mol. The summed E-state index contributed by atoms with van der Waals surface area (Å²) in [5.74, 6) is -0.484. The number of nitrogens with one attached hydrogen (secondary N) is 1. The van der Waals surface area contributed by atoms with E-state index >= 15 is 0 Å². The minimum Gasteiger partial charge on any atom is -0.462 e. The molecule has 3 atom stereocenters. The Bertz CT molecular complexity index is 1130. The second kappa shape index (κ2) is 53.8. The fourth-order valence-corrected chi connectivity index (χ4v) is 8.75. The van der Waals surface area contributed by atoms with Gasteiger partial charge in [0.1, 0.15) is 6.10 Å². The summed E-state index contributed by atoms with van der Waals surface area (Å²) in [4.78, 5) is 26.3. The lowest BCUT2D eigenvalue weighted by Crippen LogP contribution is -2.46. The summed E-state index contributed by atoms with van der Waals surface area (Å²) in [5.41, 5.74) is 0. The molecule has 0 aromatic heterocycles. The molecule has 0 saturated carbocycles. The molecule has 0 radical (unpaired) electrons. The molecule has 0 fully saturated rings. The molecule has 6 nitrogen and oxygen atoms in total. The number of ether oxygens (including phenoxy) is 1. The van der Waals surface area contributed by atoms with Gasteiger partial charge >= 0.3 is 5.97 Å². The van der Waals surface area contributed by atoms with Gasteiger partial charge in [0.25, 0.3) is 0 Å². The van der Waals surface area contributed by atoms with Crippen molar-refractivity contribution in [1.29, 1.82) is 0 Å². The van der Waals surface area contributed by atoms with E-state index in [1.807, 2.05) is 0 Å². The van der Waals surface area contributed by atoms with Crippen LogP contribution in [0.5, 0.6) is 0 Å². The van der Waals surface area contributed by atoms with Crippen LogP contribution in [0.2, 0.25) is 0 Å². The monoisotopic (exact) mass is 926 g/mol. The Labute approximate surface area is 410 Å². The van der Waals surface area contributed by atoms with E-state index in [1.165, 1.54) is 173 Å². The molecule has 3 unspecified atom stereocenters. The van der Waals surface area contributed by atoms with Crippen LogP contribution in [0.1, 0.15) is 297 Å². The molecular formula is C60H111NO5. The summed E-state index contributed by atoms with van der Waals surface area (Å²) < 4.78 is 5.96. The Morgan fingerprint density at radius 1 is 0.455 bits per heavy atom. The molecule has 0 aliphatic rings. The van der Waals surface area contributed by atoms with E-state index in [2.05, 4.69) is 74.7 Å². The lowest BCUT2D eigenvalue weighted by molar-refractivity contribution is -0.151. The standard InChI is InChI=1S/C60H111NO5/c1-4-7-10-13-16-19-22-25-28-29-32-33-36-39-42-45-48-51-56(66-60(65)53-50-47-44-41-38-35-31-27-24-21-18-15-12-9-6-3)54-59(64)61-57(55-62)58(63)52-49-46-43-40-37-34-30-26-23-20-17-14-11-8-5-2/h16,18-19,21,24-25,27-28,56-58,62-63H,4-15,17,20,22-23,26,29-55H2,1-3H3,(H,61,64)/b19-16-,21-18+,27-24+,28-25-. The van der Waals surface area contributed by atoms with Gasteiger partial charge in [0.05, 0.1) is 25.2 Å². The maximum atomic E-state index is 13.3. The van der Waals surface area contributed by atoms with E-state index in [9.17, 15) is 19.8 Å². The number of hydrogen-bond acceptors (Lipinski definition) is 5. The molecule has 0 aromatic rings. The van der Waals surface area contributed by atoms with Gasteiger partial charge in [0, 0.05) is 6.42 Å². The average molecular weight is 927 g/mol. The highest BCUT2D eigenvalue weighted by atomic mass is 16.5. The zero-order chi connectivity index (χ0) is 48.1. The van der Waals surface area contributed by atoms with Crippen LogP contribution in [0.3, 0.4) is 0 Å². The van der Waals surface area contributed by atoms with Crippen LogP contribution < -0.4 is 5.32 Å². The Balaban J connectivity index is 4.58. The van der Waals surface area contributed by atoms with Crippen molar-refractivity contribution in [3.05, 3.63) is 48.6 Å². The fourth-order valence-electron chi connectivity index (χ4n) is 8.75. The van der Waals surface area contributed by atoms with Crippen LogP contribution in [-0.4, -0.2) is 46.9 Å². The molecule has 3 N–H and O–H groups in total. The Hall–Kier alpha value is -2.18. The SMILES string of the molecule is CCCCC/C=C\C/C=C\CCCCCCCCCC(CC(=O)NC(CO)C(O)CCCCCCCCCCCCCCCCC)OC(=O)CCCCCCCC/C=C/C=C/CCCCC. The number of carbonyl (C=O) groups is 2. The van der Waals surface area contributed by atoms with Gasteiger partial charge in [-0.25, -0.2) is 0 Å². The van der Waals surface area contributed by atoms with E-state index in [0.717, 1.165) is 77.0 Å². The predicted molar refractivity (Wildman–Crippen MR) is 287 cm³/mol. The first-order valence-electron chi connectivity index (χ1n) is 28.9. The number of aliphatic hydroxyl groups excluding tert-OH is 2. The highest BCUT2D eigenvalue weighted by Gasteiger charge is 2.24. The summed E-state index contributed by atoms with van der Waals surface area (Å²) in [6, 6.07) is -0.707. The van der Waals surface area contributed by atoms with Crippen molar-refractivity contribution in [3.8, 4) is 0 Å². The van der Waals surface area contributed by atoms with Crippen molar-refractivity contribution < 1.29 is 24.5 Å². The molecule has 0 heterocycles. The molecule has 0 saturated heterocycles. The van der Waals surface area contributed by atoms with Crippen molar-refractivity contribution in [3.63, 3.8) is 0 Å². The predicted octanol–water partition coefficient (Wildman–Crippen LogP) is 17.8. The smallest absolute Gasteiger partial charge is 0.306 e. The largest absolute Gasteiger partial charge is 0.462 e. The number of unbranched alkanes of at least 4 members (excludes halogenated alkanes) is 33. The summed E-state index contributed by atoms with van der Waals surface area (Å²) in [6.07, 6.45) is 65.9. The highest BCUT2D eigenvalue weighted by Crippen LogP contribution is 2.18. The number of amides is 1. The molecule has 0 bridgehead atoms. The van der Waals surface area contributed by atoms with Gasteiger partial charge in [-0.05, 0) is 83.5 Å². The minimum atomic E-state index is -0.793. The van der Waals surface area contributed by atoms with Crippen LogP contribution in [0.15, 0.2) is 48.6 Å². The molecule has 66 heavy (non-hydrogen) atoms. The van der Waals surface area contributed by atoms with E-state index in [1.54, 1.807) is 0 Å². The van der Waals surface area contributed by atoms with Crippen LogP contribution in [0.25, 0.3) is 0 Å². The van der Waals surface area contributed by atoms with E-state index in [4.69, 9.17) is 4.74 Å². The van der Waals surface area contributed by atoms with Crippen LogP contribution in [-0.2, 0) is 14.3 Å². The van der Waals surface area contributed by atoms with Crippen LogP contribution in [0, 0.1) is 0 Å². The van der Waals surface area contributed by atoms with Crippen LogP contribution in [0.4, 0.5) is 0 Å². The summed E-state index contributed by atoms with van der Waals surface area (Å²) >= 11 is 0. The third kappa shape index (κ3) is 48.3. The normalized spacial score (nSPS) is 13.5. The summed E-state index contributed by atoms with van der Waals surface area (Å²) in [5, 5.41) is 23.9. The van der Waals surface area contributed by atoms with Gasteiger partial charge in [0.2, 0.25) is 5.91 Å². The first kappa shape index (κ1) is 63.8. The molecule has 0 aliphatic carbocycles. The van der Waals surface area contributed by atoms with Crippen molar-refractivity contribution >= 4 is 11.9 Å². The number of rotatable bonds is 52. The minimum absolute atomic E-state index is 0.0686. The van der Waals surface area contributed by atoms with E-state index in [0.29, 0.717) is 19.3 Å². The van der Waals surface area contributed by atoms with E-state index < -0.39 is 18.2 Å². The van der Waals surface area contributed by atoms with Gasteiger partial charge in [0.15, 0.2) is 0 Å². The number of carbonyl (C=O) groups excluding carboxylic acids is 2. The first-order chi connectivity index (χ1) is 32.5. The maximum Gasteiger partial charge on any atom is 0.306 e. The molecule has 0 rings (SSSR count). The third-order valence-corrected chi connectivity index (χ3v) is 13.2. The highest BCUT2D eigenvalue weighted by molar-refractivity contribution is 5.77. The summed E-state index contributed by atoms with van der Waals surface area (Å²) in [7, 11) is 0. The zero-order valence-electron chi connectivity index (χ0n) is 44.1. The summed E-state index contributed by atoms with van der Waals surface area (Å²) in [6.45, 7) is 6.45. The van der Waals surface area contributed by atoms with Crippen molar-refractivity contribution in [2.24, 2.45) is 0 Å². The number of esters is 1. The average Bonchev–Trinajstić information content (AvgIpc) is 3.31. The number of hydrogen-bond donors (Lipinski definition) is 3. The van der Waals surface area contributed by atoms with Crippen LogP contribution >= 0.6 is 0 Å². The molecule has 6 heteroatoms. The van der Waals surface area contributed by atoms with Gasteiger partial charge in [-0.3, -0.25) is 9.59 Å². The van der Waals surface area contributed by atoms with Crippen molar-refractivity contribution in [1.82, 2.24) is 5.32 Å². The Morgan fingerprint density at radius 3 is 1.27 bits per heavy atom. The van der Waals surface area contributed by atoms with Gasteiger partial charge in [-0.1, -0.05) is 249 Å². The first-order valence-corrected chi connectivity index (χ1v) is 28.9.